The van der Waals surface area contributed by atoms with E-state index < -0.39 is 0 Å². The summed E-state index contributed by atoms with van der Waals surface area (Å²) in [4.78, 5) is 28.1. The number of hydrogen-bond donors (Lipinski definition) is 1. The zero-order valence-corrected chi connectivity index (χ0v) is 14.2. The minimum absolute atomic E-state index is 0.0227. The Hall–Kier alpha value is -0.940. The van der Waals surface area contributed by atoms with Crippen molar-refractivity contribution in [3.63, 3.8) is 0 Å². The summed E-state index contributed by atoms with van der Waals surface area (Å²) in [7, 11) is 2.10. The number of likely N-dealkylation sites (tertiary alicyclic amines) is 1. The van der Waals surface area contributed by atoms with Crippen LogP contribution in [0.3, 0.4) is 0 Å². The standard InChI is InChI=1S/C16H31N3O2/c1-6-13(7-2)19-15(20)11-14(16(19)21)17-9-8-10-18(5)12(3)4/h12-14,17H,6-11H2,1-5H3. The molecule has 0 spiro atoms. The number of hydrogen-bond acceptors (Lipinski definition) is 4. The van der Waals surface area contributed by atoms with E-state index in [1.807, 2.05) is 13.8 Å². The molecule has 1 atom stereocenters. The Morgan fingerprint density at radius 1 is 1.29 bits per heavy atom. The third kappa shape index (κ3) is 4.78. The van der Waals surface area contributed by atoms with Crippen molar-refractivity contribution in [1.29, 1.82) is 0 Å². The van der Waals surface area contributed by atoms with Crippen LogP contribution < -0.4 is 5.32 Å². The van der Waals surface area contributed by atoms with Crippen molar-refractivity contribution in [2.75, 3.05) is 20.1 Å². The van der Waals surface area contributed by atoms with E-state index in [4.69, 9.17) is 0 Å². The second kappa shape index (κ2) is 8.49. The molecule has 1 rings (SSSR count). The minimum atomic E-state index is -0.317. The van der Waals surface area contributed by atoms with Crippen LogP contribution in [-0.4, -0.2) is 59.9 Å². The number of nitrogens with zero attached hydrogens (tertiary/aromatic N) is 2. The van der Waals surface area contributed by atoms with Gasteiger partial charge in [-0.2, -0.15) is 0 Å². The van der Waals surface area contributed by atoms with Gasteiger partial charge in [0.2, 0.25) is 11.8 Å². The summed E-state index contributed by atoms with van der Waals surface area (Å²) < 4.78 is 0. The van der Waals surface area contributed by atoms with Gasteiger partial charge in [-0.25, -0.2) is 0 Å². The lowest BCUT2D eigenvalue weighted by Gasteiger charge is -2.24. The molecule has 1 aliphatic rings. The van der Waals surface area contributed by atoms with E-state index in [9.17, 15) is 9.59 Å². The number of amides is 2. The minimum Gasteiger partial charge on any atom is -0.305 e. The van der Waals surface area contributed by atoms with E-state index >= 15 is 0 Å². The molecule has 1 saturated heterocycles. The molecule has 5 nitrogen and oxygen atoms in total. The van der Waals surface area contributed by atoms with Crippen molar-refractivity contribution in [2.45, 2.75) is 71.5 Å². The number of carbonyl (C=O) groups is 2. The number of nitrogens with one attached hydrogen (secondary N) is 1. The molecule has 1 heterocycles. The van der Waals surface area contributed by atoms with E-state index in [1.165, 1.54) is 4.90 Å². The lowest BCUT2D eigenvalue weighted by molar-refractivity contribution is -0.141. The van der Waals surface area contributed by atoms with E-state index in [0.717, 1.165) is 32.4 Å². The molecule has 0 bridgehead atoms. The topological polar surface area (TPSA) is 52.7 Å². The maximum atomic E-state index is 12.3. The zero-order chi connectivity index (χ0) is 16.0. The van der Waals surface area contributed by atoms with Gasteiger partial charge in [0.1, 0.15) is 0 Å². The summed E-state index contributed by atoms with van der Waals surface area (Å²) in [6.07, 6.45) is 2.97. The van der Waals surface area contributed by atoms with Crippen molar-refractivity contribution in [1.82, 2.24) is 15.1 Å². The van der Waals surface area contributed by atoms with Crippen molar-refractivity contribution in [3.8, 4) is 0 Å². The lowest BCUT2D eigenvalue weighted by atomic mass is 10.1. The van der Waals surface area contributed by atoms with Crippen molar-refractivity contribution in [3.05, 3.63) is 0 Å². The summed E-state index contributed by atoms with van der Waals surface area (Å²) >= 11 is 0. The van der Waals surface area contributed by atoms with E-state index in [-0.39, 0.29) is 23.9 Å². The van der Waals surface area contributed by atoms with E-state index in [1.54, 1.807) is 0 Å². The molecule has 0 aromatic carbocycles. The molecule has 0 aromatic rings. The second-order valence-electron chi connectivity index (χ2n) is 6.21. The smallest absolute Gasteiger partial charge is 0.247 e. The molecule has 1 N–H and O–H groups in total. The van der Waals surface area contributed by atoms with Crippen LogP contribution in [0.5, 0.6) is 0 Å². The van der Waals surface area contributed by atoms with Crippen LogP contribution in [0.1, 0.15) is 53.4 Å². The first-order chi connectivity index (χ1) is 9.92. The van der Waals surface area contributed by atoms with Gasteiger partial charge in [0.25, 0.3) is 0 Å². The highest BCUT2D eigenvalue weighted by Crippen LogP contribution is 2.20. The van der Waals surface area contributed by atoms with Gasteiger partial charge < -0.3 is 10.2 Å². The molecule has 1 aliphatic heterocycles. The molecule has 2 amide bonds. The molecule has 1 fully saturated rings. The molecule has 1 unspecified atom stereocenters. The molecule has 5 heteroatoms. The summed E-state index contributed by atoms with van der Waals surface area (Å²) in [5, 5.41) is 3.25. The Morgan fingerprint density at radius 3 is 2.43 bits per heavy atom. The first-order valence-electron chi connectivity index (χ1n) is 8.21. The second-order valence-corrected chi connectivity index (χ2v) is 6.21. The molecule has 0 radical (unpaired) electrons. The third-order valence-electron chi connectivity index (χ3n) is 4.45. The Bertz CT molecular complexity index is 353. The van der Waals surface area contributed by atoms with Gasteiger partial charge in [-0.3, -0.25) is 14.5 Å². The molecular formula is C16H31N3O2. The molecule has 0 aliphatic carbocycles. The van der Waals surface area contributed by atoms with E-state index in [0.29, 0.717) is 12.5 Å². The normalized spacial score (nSPS) is 19.6. The largest absolute Gasteiger partial charge is 0.305 e. The van der Waals surface area contributed by atoms with Crippen LogP contribution in [0.2, 0.25) is 0 Å². The first-order valence-corrected chi connectivity index (χ1v) is 8.21. The average Bonchev–Trinajstić information content (AvgIpc) is 2.72. The quantitative estimate of drug-likeness (QED) is 0.519. The maximum absolute atomic E-state index is 12.3. The highest BCUT2D eigenvalue weighted by atomic mass is 16.2. The average molecular weight is 297 g/mol. The Morgan fingerprint density at radius 2 is 1.90 bits per heavy atom. The molecule has 21 heavy (non-hydrogen) atoms. The van der Waals surface area contributed by atoms with Crippen LogP contribution in [0, 0.1) is 0 Å². The predicted molar refractivity (Wildman–Crippen MR) is 85.0 cm³/mol. The first kappa shape index (κ1) is 18.1. The summed E-state index contributed by atoms with van der Waals surface area (Å²) in [6, 6.07) is 0.274. The summed E-state index contributed by atoms with van der Waals surface area (Å²) in [5.74, 6) is -0.0589. The summed E-state index contributed by atoms with van der Waals surface area (Å²) in [5.41, 5.74) is 0. The van der Waals surface area contributed by atoms with Crippen LogP contribution in [0.4, 0.5) is 0 Å². The van der Waals surface area contributed by atoms with Crippen LogP contribution in [0.25, 0.3) is 0 Å². The van der Waals surface area contributed by atoms with Gasteiger partial charge in [-0.1, -0.05) is 13.8 Å². The van der Waals surface area contributed by atoms with Gasteiger partial charge in [0.05, 0.1) is 12.5 Å². The van der Waals surface area contributed by atoms with Crippen LogP contribution >= 0.6 is 0 Å². The van der Waals surface area contributed by atoms with Gasteiger partial charge in [-0.05, 0) is 53.2 Å². The summed E-state index contributed by atoms with van der Waals surface area (Å²) in [6.45, 7) is 10.2. The Kier molecular flexibility index (Phi) is 7.32. The van der Waals surface area contributed by atoms with Gasteiger partial charge in [0, 0.05) is 12.1 Å². The SMILES string of the molecule is CCC(CC)N1C(=O)CC(NCCCN(C)C(C)C)C1=O. The van der Waals surface area contributed by atoms with E-state index in [2.05, 4.69) is 31.1 Å². The van der Waals surface area contributed by atoms with Gasteiger partial charge >= 0.3 is 0 Å². The highest BCUT2D eigenvalue weighted by Gasteiger charge is 2.40. The van der Waals surface area contributed by atoms with Gasteiger partial charge in [0.15, 0.2) is 0 Å². The Balaban J connectivity index is 2.41. The molecule has 0 saturated carbocycles. The van der Waals surface area contributed by atoms with Crippen molar-refractivity contribution in [2.24, 2.45) is 0 Å². The fraction of sp³-hybridized carbons (Fsp3) is 0.875. The van der Waals surface area contributed by atoms with Gasteiger partial charge in [-0.15, -0.1) is 0 Å². The maximum Gasteiger partial charge on any atom is 0.247 e. The third-order valence-corrected chi connectivity index (χ3v) is 4.45. The zero-order valence-electron chi connectivity index (χ0n) is 14.2. The van der Waals surface area contributed by atoms with Crippen molar-refractivity contribution >= 4 is 11.8 Å². The highest BCUT2D eigenvalue weighted by molar-refractivity contribution is 6.05. The monoisotopic (exact) mass is 297 g/mol. The van der Waals surface area contributed by atoms with Crippen molar-refractivity contribution < 1.29 is 9.59 Å². The van der Waals surface area contributed by atoms with Crippen LogP contribution in [-0.2, 0) is 9.59 Å². The fourth-order valence-electron chi connectivity index (χ4n) is 2.71. The fourth-order valence-corrected chi connectivity index (χ4v) is 2.71. The molecule has 0 aromatic heterocycles. The van der Waals surface area contributed by atoms with Crippen LogP contribution in [0.15, 0.2) is 0 Å². The number of rotatable bonds is 9. The lowest BCUT2D eigenvalue weighted by Crippen LogP contribution is -2.44. The number of imide groups is 1. The number of carbonyl (C=O) groups excluding carboxylic acids is 2. The Labute approximate surface area is 129 Å². The predicted octanol–water partition coefficient (Wildman–Crippen LogP) is 1.62. The molecule has 122 valence electrons. The molecular weight excluding hydrogens is 266 g/mol.